The molecule has 1 saturated heterocycles. The highest BCUT2D eigenvalue weighted by molar-refractivity contribution is 6.51. The lowest BCUT2D eigenvalue weighted by Gasteiger charge is -2.26. The third-order valence-electron chi connectivity index (χ3n) is 5.33. The molecule has 1 amide bonds. The standard InChI is InChI=1S/C25H18ClF2NO5/c1-2-34-20-11-14(5-9-17(20)26)23(31)21-22(13-3-7-16(30)8-4-13)29(25(33)24(21)32)19-12-15(27)6-10-18(19)28/h3-12,22,30-31H,2H2,1H3/b23-21+. The van der Waals surface area contributed by atoms with Gasteiger partial charge in [-0.25, -0.2) is 8.78 Å². The van der Waals surface area contributed by atoms with Crippen LogP contribution in [0, 0.1) is 11.6 Å². The van der Waals surface area contributed by atoms with Gasteiger partial charge in [-0.1, -0.05) is 23.7 Å². The van der Waals surface area contributed by atoms with Crippen LogP contribution in [0.15, 0.2) is 66.2 Å². The Balaban J connectivity index is 1.96. The number of phenols is 1. The highest BCUT2D eigenvalue weighted by Gasteiger charge is 2.47. The second kappa shape index (κ2) is 9.15. The summed E-state index contributed by atoms with van der Waals surface area (Å²) in [5.74, 6) is -4.38. The van der Waals surface area contributed by atoms with Gasteiger partial charge in [-0.15, -0.1) is 0 Å². The maximum absolute atomic E-state index is 14.7. The molecule has 1 aliphatic rings. The predicted molar refractivity (Wildman–Crippen MR) is 122 cm³/mol. The van der Waals surface area contributed by atoms with Gasteiger partial charge in [0.15, 0.2) is 0 Å². The number of hydrogen-bond donors (Lipinski definition) is 2. The Morgan fingerprint density at radius 2 is 1.76 bits per heavy atom. The summed E-state index contributed by atoms with van der Waals surface area (Å²) in [5.41, 5.74) is -0.398. The first-order chi connectivity index (χ1) is 16.2. The summed E-state index contributed by atoms with van der Waals surface area (Å²) < 4.78 is 34.1. The van der Waals surface area contributed by atoms with Crippen LogP contribution in [0.5, 0.6) is 11.5 Å². The van der Waals surface area contributed by atoms with Crippen LogP contribution in [0.4, 0.5) is 14.5 Å². The topological polar surface area (TPSA) is 87.1 Å². The Hall–Kier alpha value is -3.91. The van der Waals surface area contributed by atoms with E-state index >= 15 is 0 Å². The van der Waals surface area contributed by atoms with E-state index in [4.69, 9.17) is 16.3 Å². The maximum Gasteiger partial charge on any atom is 0.300 e. The van der Waals surface area contributed by atoms with Gasteiger partial charge in [0, 0.05) is 11.6 Å². The number of benzene rings is 3. The Kier molecular flexibility index (Phi) is 6.26. The molecule has 0 radical (unpaired) electrons. The molecule has 2 N–H and O–H groups in total. The number of aromatic hydroxyl groups is 1. The molecule has 0 bridgehead atoms. The number of anilines is 1. The Morgan fingerprint density at radius 3 is 2.44 bits per heavy atom. The summed E-state index contributed by atoms with van der Waals surface area (Å²) >= 11 is 6.11. The summed E-state index contributed by atoms with van der Waals surface area (Å²) in [5, 5.41) is 21.1. The molecular formula is C25H18ClF2NO5. The zero-order valence-electron chi connectivity index (χ0n) is 17.8. The van der Waals surface area contributed by atoms with Crippen molar-refractivity contribution in [2.75, 3.05) is 11.5 Å². The molecular weight excluding hydrogens is 468 g/mol. The SMILES string of the molecule is CCOc1cc(/C(O)=C2\C(=O)C(=O)N(c3cc(F)ccc3F)C2c2ccc(O)cc2)ccc1Cl. The van der Waals surface area contributed by atoms with E-state index in [0.717, 1.165) is 23.1 Å². The van der Waals surface area contributed by atoms with Crippen LogP contribution in [0.2, 0.25) is 5.02 Å². The van der Waals surface area contributed by atoms with E-state index in [-0.39, 0.29) is 33.2 Å². The third kappa shape index (κ3) is 4.08. The van der Waals surface area contributed by atoms with Gasteiger partial charge >= 0.3 is 0 Å². The lowest BCUT2D eigenvalue weighted by Crippen LogP contribution is -2.30. The van der Waals surface area contributed by atoms with Crippen molar-refractivity contribution in [1.82, 2.24) is 0 Å². The van der Waals surface area contributed by atoms with Crippen molar-refractivity contribution in [3.8, 4) is 11.5 Å². The molecule has 6 nitrogen and oxygen atoms in total. The Bertz CT molecular complexity index is 1320. The highest BCUT2D eigenvalue weighted by atomic mass is 35.5. The lowest BCUT2D eigenvalue weighted by atomic mass is 9.95. The summed E-state index contributed by atoms with van der Waals surface area (Å²) in [6.45, 7) is 2.04. The van der Waals surface area contributed by atoms with Crippen molar-refractivity contribution >= 4 is 34.7 Å². The van der Waals surface area contributed by atoms with E-state index in [9.17, 15) is 28.6 Å². The molecule has 1 fully saturated rings. The maximum atomic E-state index is 14.7. The van der Waals surface area contributed by atoms with Gasteiger partial charge in [0.25, 0.3) is 11.7 Å². The van der Waals surface area contributed by atoms with Crippen LogP contribution in [-0.2, 0) is 9.59 Å². The van der Waals surface area contributed by atoms with Gasteiger partial charge in [0.1, 0.15) is 28.9 Å². The fourth-order valence-electron chi connectivity index (χ4n) is 3.80. The van der Waals surface area contributed by atoms with Crippen LogP contribution in [-0.4, -0.2) is 28.5 Å². The van der Waals surface area contributed by atoms with Crippen molar-refractivity contribution < 1.29 is 33.3 Å². The smallest absolute Gasteiger partial charge is 0.300 e. The summed E-state index contributed by atoms with van der Waals surface area (Å²) in [7, 11) is 0. The number of hydrogen-bond acceptors (Lipinski definition) is 5. The molecule has 0 aliphatic carbocycles. The second-order valence-corrected chi connectivity index (χ2v) is 7.84. The summed E-state index contributed by atoms with van der Waals surface area (Å²) in [6.07, 6.45) is 0. The minimum absolute atomic E-state index is 0.0864. The molecule has 1 atom stereocenters. The highest BCUT2D eigenvalue weighted by Crippen LogP contribution is 2.43. The van der Waals surface area contributed by atoms with Crippen LogP contribution in [0.25, 0.3) is 5.76 Å². The number of ketones is 1. The number of nitrogens with zero attached hydrogens (tertiary/aromatic N) is 1. The zero-order valence-corrected chi connectivity index (χ0v) is 18.5. The van der Waals surface area contributed by atoms with E-state index in [1.54, 1.807) is 6.92 Å². The number of carbonyl (C=O) groups excluding carboxylic acids is 2. The van der Waals surface area contributed by atoms with Gasteiger partial charge in [-0.05, 0) is 55.0 Å². The number of aliphatic hydroxyl groups excluding tert-OH is 1. The first kappa shape index (κ1) is 23.3. The zero-order chi connectivity index (χ0) is 24.6. The van der Waals surface area contributed by atoms with Crippen molar-refractivity contribution in [3.05, 3.63) is 94.0 Å². The van der Waals surface area contributed by atoms with E-state index in [2.05, 4.69) is 0 Å². The molecule has 0 saturated carbocycles. The van der Waals surface area contributed by atoms with Gasteiger partial charge in [0.05, 0.1) is 28.9 Å². The molecule has 1 aliphatic heterocycles. The number of carbonyl (C=O) groups is 2. The van der Waals surface area contributed by atoms with Crippen molar-refractivity contribution in [2.45, 2.75) is 13.0 Å². The molecule has 4 rings (SSSR count). The van der Waals surface area contributed by atoms with Crippen LogP contribution < -0.4 is 9.64 Å². The number of halogens is 3. The van der Waals surface area contributed by atoms with Crippen molar-refractivity contribution in [3.63, 3.8) is 0 Å². The quantitative estimate of drug-likeness (QED) is 0.289. The minimum atomic E-state index is -1.30. The number of rotatable bonds is 5. The monoisotopic (exact) mass is 485 g/mol. The van der Waals surface area contributed by atoms with Gasteiger partial charge in [-0.2, -0.15) is 0 Å². The molecule has 0 aromatic heterocycles. The third-order valence-corrected chi connectivity index (χ3v) is 5.64. The van der Waals surface area contributed by atoms with Gasteiger partial charge in [-0.3, -0.25) is 14.5 Å². The van der Waals surface area contributed by atoms with Crippen LogP contribution in [0.1, 0.15) is 24.1 Å². The first-order valence-electron chi connectivity index (χ1n) is 10.2. The predicted octanol–water partition coefficient (Wildman–Crippen LogP) is 5.35. The fraction of sp³-hybridized carbons (Fsp3) is 0.120. The van der Waals surface area contributed by atoms with E-state index in [1.165, 1.54) is 42.5 Å². The Labute approximate surface area is 198 Å². The molecule has 0 spiro atoms. The van der Waals surface area contributed by atoms with Gasteiger partial charge < -0.3 is 14.9 Å². The average Bonchev–Trinajstić information content (AvgIpc) is 3.07. The van der Waals surface area contributed by atoms with E-state index in [0.29, 0.717) is 6.61 Å². The summed E-state index contributed by atoms with van der Waals surface area (Å²) in [4.78, 5) is 26.9. The lowest BCUT2D eigenvalue weighted by molar-refractivity contribution is -0.132. The van der Waals surface area contributed by atoms with Crippen LogP contribution >= 0.6 is 11.6 Å². The molecule has 1 heterocycles. The summed E-state index contributed by atoms with van der Waals surface area (Å²) in [6, 6.07) is 11.0. The van der Waals surface area contributed by atoms with Crippen molar-refractivity contribution in [2.24, 2.45) is 0 Å². The molecule has 1 unspecified atom stereocenters. The number of Topliss-reactive ketones (excluding diaryl/α,β-unsaturated/α-hetero) is 1. The number of aliphatic hydroxyl groups is 1. The Morgan fingerprint density at radius 1 is 1.06 bits per heavy atom. The van der Waals surface area contributed by atoms with E-state index in [1.807, 2.05) is 0 Å². The number of amides is 1. The number of ether oxygens (including phenoxy) is 1. The van der Waals surface area contributed by atoms with Gasteiger partial charge in [0.2, 0.25) is 0 Å². The second-order valence-electron chi connectivity index (χ2n) is 7.43. The van der Waals surface area contributed by atoms with Crippen molar-refractivity contribution in [1.29, 1.82) is 0 Å². The first-order valence-corrected chi connectivity index (χ1v) is 10.6. The molecule has 3 aromatic carbocycles. The molecule has 9 heteroatoms. The van der Waals surface area contributed by atoms with Crippen LogP contribution in [0.3, 0.4) is 0 Å². The molecule has 174 valence electrons. The molecule has 34 heavy (non-hydrogen) atoms. The largest absolute Gasteiger partial charge is 0.508 e. The average molecular weight is 486 g/mol. The number of phenolic OH excluding ortho intramolecular Hbond substituents is 1. The van der Waals surface area contributed by atoms with E-state index < -0.39 is 40.8 Å². The molecule has 3 aromatic rings. The fourth-order valence-corrected chi connectivity index (χ4v) is 3.97. The minimum Gasteiger partial charge on any atom is -0.508 e. The normalized spacial score (nSPS) is 17.3.